The van der Waals surface area contributed by atoms with E-state index in [2.05, 4.69) is 9.88 Å². The fourth-order valence-corrected chi connectivity index (χ4v) is 1.97. The fourth-order valence-electron chi connectivity index (χ4n) is 1.97. The minimum absolute atomic E-state index is 0.430. The largest absolute Gasteiger partial charge is 0.436 e. The lowest BCUT2D eigenvalue weighted by molar-refractivity contribution is 0.128. The zero-order valence-electron chi connectivity index (χ0n) is 10.9. The molecule has 19 heavy (non-hydrogen) atoms. The predicted octanol–water partition coefficient (Wildman–Crippen LogP) is 1.75. The van der Waals surface area contributed by atoms with Crippen LogP contribution in [0.5, 0.6) is 5.75 Å². The van der Waals surface area contributed by atoms with Crippen molar-refractivity contribution in [1.29, 1.82) is 0 Å². The van der Waals surface area contributed by atoms with Gasteiger partial charge in [0, 0.05) is 23.6 Å². The number of hydrogen-bond donors (Lipinski definition) is 3. The van der Waals surface area contributed by atoms with Crippen LogP contribution in [0.2, 0.25) is 0 Å². The number of nitrogens with one attached hydrogen (secondary N) is 2. The molecular weight excluding hydrogens is 246 g/mol. The van der Waals surface area contributed by atoms with E-state index in [1.807, 2.05) is 26.4 Å². The maximum Gasteiger partial charge on any atom is 0.436 e. The first-order chi connectivity index (χ1) is 9.11. The summed E-state index contributed by atoms with van der Waals surface area (Å²) in [5.41, 5.74) is 3.43. The maximum atomic E-state index is 11.1. The maximum absolute atomic E-state index is 11.1. The third-order valence-electron chi connectivity index (χ3n) is 2.87. The number of amides is 1. The summed E-state index contributed by atoms with van der Waals surface area (Å²) in [7, 11) is 4.01. The Morgan fingerprint density at radius 3 is 2.95 bits per heavy atom. The number of carbonyl (C=O) groups excluding carboxylic acids is 1. The lowest BCUT2D eigenvalue weighted by Crippen LogP contribution is -2.22. The van der Waals surface area contributed by atoms with Crippen molar-refractivity contribution in [1.82, 2.24) is 15.4 Å². The molecule has 6 nitrogen and oxygen atoms in total. The number of benzene rings is 1. The van der Waals surface area contributed by atoms with Gasteiger partial charge in [0.2, 0.25) is 0 Å². The van der Waals surface area contributed by atoms with Crippen molar-refractivity contribution in [2.75, 3.05) is 20.6 Å². The standard InChI is InChI=1S/C13H17N3O3/c1-16(2)7-6-9-8-14-10-4-3-5-11(12(9)10)19-13(17)15-18/h3-5,8,14,18H,6-7H2,1-2H3,(H,15,17). The summed E-state index contributed by atoms with van der Waals surface area (Å²) in [5.74, 6) is 0.430. The number of ether oxygens (including phenoxy) is 1. The third-order valence-corrected chi connectivity index (χ3v) is 2.87. The highest BCUT2D eigenvalue weighted by atomic mass is 16.6. The number of hydroxylamine groups is 1. The Balaban J connectivity index is 2.34. The Hall–Kier alpha value is -2.05. The summed E-state index contributed by atoms with van der Waals surface area (Å²) in [4.78, 5) is 16.4. The summed E-state index contributed by atoms with van der Waals surface area (Å²) in [6.45, 7) is 0.896. The van der Waals surface area contributed by atoms with Gasteiger partial charge < -0.3 is 14.6 Å². The van der Waals surface area contributed by atoms with Crippen LogP contribution in [-0.4, -0.2) is 41.8 Å². The molecule has 0 bridgehead atoms. The monoisotopic (exact) mass is 263 g/mol. The van der Waals surface area contributed by atoms with Gasteiger partial charge in [0.1, 0.15) is 5.75 Å². The molecule has 0 saturated heterocycles. The highest BCUT2D eigenvalue weighted by Crippen LogP contribution is 2.29. The molecule has 102 valence electrons. The molecule has 2 aromatic rings. The second-order valence-corrected chi connectivity index (χ2v) is 4.55. The van der Waals surface area contributed by atoms with Gasteiger partial charge >= 0.3 is 6.09 Å². The van der Waals surface area contributed by atoms with Crippen LogP contribution in [0.1, 0.15) is 5.56 Å². The molecule has 1 heterocycles. The number of nitrogens with zero attached hydrogens (tertiary/aromatic N) is 1. The summed E-state index contributed by atoms with van der Waals surface area (Å²) < 4.78 is 5.05. The molecule has 0 spiro atoms. The Bertz CT molecular complexity index is 578. The van der Waals surface area contributed by atoms with E-state index in [9.17, 15) is 4.79 Å². The minimum Gasteiger partial charge on any atom is -0.408 e. The van der Waals surface area contributed by atoms with Crippen molar-refractivity contribution >= 4 is 17.0 Å². The topological polar surface area (TPSA) is 77.6 Å². The first-order valence-electron chi connectivity index (χ1n) is 5.97. The van der Waals surface area contributed by atoms with Crippen molar-refractivity contribution in [3.63, 3.8) is 0 Å². The van der Waals surface area contributed by atoms with Crippen LogP contribution in [0.15, 0.2) is 24.4 Å². The quantitative estimate of drug-likeness (QED) is 0.580. The lowest BCUT2D eigenvalue weighted by Gasteiger charge is -2.10. The Morgan fingerprint density at radius 2 is 2.26 bits per heavy atom. The third kappa shape index (κ3) is 3.04. The molecular formula is C13H17N3O3. The van der Waals surface area contributed by atoms with Crippen LogP contribution in [0, 0.1) is 0 Å². The first-order valence-corrected chi connectivity index (χ1v) is 5.97. The number of rotatable bonds is 4. The van der Waals surface area contributed by atoms with Crippen LogP contribution in [0.4, 0.5) is 4.79 Å². The fraction of sp³-hybridized carbons (Fsp3) is 0.308. The van der Waals surface area contributed by atoms with Crippen molar-refractivity contribution in [3.05, 3.63) is 30.0 Å². The second-order valence-electron chi connectivity index (χ2n) is 4.55. The number of fused-ring (bicyclic) bond motifs is 1. The van der Waals surface area contributed by atoms with Gasteiger partial charge in [-0.05, 0) is 38.2 Å². The molecule has 0 radical (unpaired) electrons. The second kappa shape index (κ2) is 5.73. The van der Waals surface area contributed by atoms with Crippen LogP contribution in [0.25, 0.3) is 10.9 Å². The van der Waals surface area contributed by atoms with E-state index in [-0.39, 0.29) is 0 Å². The summed E-state index contributed by atoms with van der Waals surface area (Å²) in [6, 6.07) is 5.40. The van der Waals surface area contributed by atoms with E-state index < -0.39 is 6.09 Å². The predicted molar refractivity (Wildman–Crippen MR) is 71.5 cm³/mol. The minimum atomic E-state index is -0.896. The molecule has 1 amide bonds. The Kier molecular flexibility index (Phi) is 4.03. The highest BCUT2D eigenvalue weighted by molar-refractivity contribution is 5.91. The number of hydrogen-bond acceptors (Lipinski definition) is 4. The molecule has 0 aliphatic rings. The summed E-state index contributed by atoms with van der Waals surface area (Å²) in [6.07, 6.45) is 1.86. The lowest BCUT2D eigenvalue weighted by atomic mass is 10.1. The van der Waals surface area contributed by atoms with E-state index >= 15 is 0 Å². The number of carbonyl (C=O) groups is 1. The van der Waals surface area contributed by atoms with Gasteiger partial charge in [0.05, 0.1) is 0 Å². The number of likely N-dealkylation sites (N-methyl/N-ethyl adjacent to an activating group) is 1. The molecule has 6 heteroatoms. The van der Waals surface area contributed by atoms with Gasteiger partial charge in [0.15, 0.2) is 0 Å². The Labute approximate surface area is 110 Å². The van der Waals surface area contributed by atoms with Crippen LogP contribution in [0.3, 0.4) is 0 Å². The molecule has 1 aromatic heterocycles. The Morgan fingerprint density at radius 1 is 1.47 bits per heavy atom. The van der Waals surface area contributed by atoms with Gasteiger partial charge in [-0.15, -0.1) is 0 Å². The van der Waals surface area contributed by atoms with Crippen LogP contribution < -0.4 is 10.2 Å². The molecule has 0 atom stereocenters. The van der Waals surface area contributed by atoms with Gasteiger partial charge in [-0.2, -0.15) is 0 Å². The normalized spacial score (nSPS) is 10.9. The van der Waals surface area contributed by atoms with Crippen molar-refractivity contribution in [2.24, 2.45) is 0 Å². The molecule has 0 aliphatic heterocycles. The van der Waals surface area contributed by atoms with E-state index in [4.69, 9.17) is 9.94 Å². The molecule has 0 unspecified atom stereocenters. The van der Waals surface area contributed by atoms with Gasteiger partial charge in [-0.1, -0.05) is 6.07 Å². The average Bonchev–Trinajstić information content (AvgIpc) is 2.80. The van der Waals surface area contributed by atoms with E-state index in [1.165, 1.54) is 5.48 Å². The zero-order valence-corrected chi connectivity index (χ0v) is 10.9. The highest BCUT2D eigenvalue weighted by Gasteiger charge is 2.12. The summed E-state index contributed by atoms with van der Waals surface area (Å²) >= 11 is 0. The summed E-state index contributed by atoms with van der Waals surface area (Å²) in [5, 5.41) is 9.39. The molecule has 2 rings (SSSR count). The molecule has 0 saturated carbocycles. The van der Waals surface area contributed by atoms with Gasteiger partial charge in [0.25, 0.3) is 0 Å². The van der Waals surface area contributed by atoms with E-state index in [1.54, 1.807) is 12.1 Å². The molecule has 0 fully saturated rings. The average molecular weight is 263 g/mol. The van der Waals surface area contributed by atoms with Crippen LogP contribution >= 0.6 is 0 Å². The molecule has 1 aromatic carbocycles. The van der Waals surface area contributed by atoms with Gasteiger partial charge in [-0.3, -0.25) is 5.21 Å². The molecule has 3 N–H and O–H groups in total. The van der Waals surface area contributed by atoms with E-state index in [0.29, 0.717) is 5.75 Å². The first kappa shape index (κ1) is 13.4. The number of H-pyrrole nitrogens is 1. The SMILES string of the molecule is CN(C)CCc1c[nH]c2cccc(OC(=O)NO)c12. The van der Waals surface area contributed by atoms with Crippen molar-refractivity contribution in [3.8, 4) is 5.75 Å². The van der Waals surface area contributed by atoms with Crippen molar-refractivity contribution in [2.45, 2.75) is 6.42 Å². The molecule has 0 aliphatic carbocycles. The van der Waals surface area contributed by atoms with Crippen LogP contribution in [-0.2, 0) is 6.42 Å². The van der Waals surface area contributed by atoms with Gasteiger partial charge in [-0.25, -0.2) is 10.3 Å². The van der Waals surface area contributed by atoms with Crippen molar-refractivity contribution < 1.29 is 14.7 Å². The number of aromatic amines is 1. The zero-order chi connectivity index (χ0) is 13.8. The van der Waals surface area contributed by atoms with E-state index in [0.717, 1.165) is 29.4 Å². The smallest absolute Gasteiger partial charge is 0.408 e. The number of aromatic nitrogens is 1.